The van der Waals surface area contributed by atoms with Gasteiger partial charge in [-0.05, 0) is 30.3 Å². The molecule has 0 aliphatic heterocycles. The number of hydrazine groups is 1. The molecular formula is C13H12N4O5S. The summed E-state index contributed by atoms with van der Waals surface area (Å²) in [5, 5.41) is 10.7. The minimum atomic E-state index is -3.95. The monoisotopic (exact) mass is 336 g/mol. The first kappa shape index (κ1) is 16.2. The fraction of sp³-hybridized carbons (Fsp3) is 0. The molecule has 9 nitrogen and oxygen atoms in total. The average molecular weight is 336 g/mol. The van der Waals surface area contributed by atoms with Crippen LogP contribution in [0.4, 0.5) is 17.1 Å². The van der Waals surface area contributed by atoms with Crippen molar-refractivity contribution in [2.45, 2.75) is 4.90 Å². The van der Waals surface area contributed by atoms with Crippen LogP contribution >= 0.6 is 0 Å². The van der Waals surface area contributed by atoms with Crippen LogP contribution in [-0.4, -0.2) is 19.8 Å². The number of nitro benzene ring substituents is 1. The summed E-state index contributed by atoms with van der Waals surface area (Å²) in [6.07, 6.45) is 0.457. The number of hydrogen-bond acceptors (Lipinski definition) is 6. The number of carbonyl (C=O) groups is 1. The van der Waals surface area contributed by atoms with Gasteiger partial charge in [-0.15, -0.1) is 0 Å². The lowest BCUT2D eigenvalue weighted by Gasteiger charge is -2.09. The summed E-state index contributed by atoms with van der Waals surface area (Å²) in [6, 6.07) is 10.8. The van der Waals surface area contributed by atoms with E-state index in [4.69, 9.17) is 0 Å². The Balaban J connectivity index is 2.19. The molecule has 0 unspecified atom stereocenters. The Morgan fingerprint density at radius 2 is 1.70 bits per heavy atom. The van der Waals surface area contributed by atoms with Gasteiger partial charge in [-0.1, -0.05) is 6.07 Å². The molecule has 0 aromatic heterocycles. The van der Waals surface area contributed by atoms with Crippen LogP contribution < -0.4 is 15.6 Å². The lowest BCUT2D eigenvalue weighted by Crippen LogP contribution is -2.18. The van der Waals surface area contributed by atoms with E-state index < -0.39 is 14.9 Å². The summed E-state index contributed by atoms with van der Waals surface area (Å²) >= 11 is 0. The highest BCUT2D eigenvalue weighted by molar-refractivity contribution is 7.92. The lowest BCUT2D eigenvalue weighted by atomic mass is 10.3. The van der Waals surface area contributed by atoms with E-state index in [0.717, 1.165) is 6.07 Å². The molecule has 0 radical (unpaired) electrons. The van der Waals surface area contributed by atoms with Crippen LogP contribution in [0.15, 0.2) is 53.4 Å². The third-order valence-corrected chi connectivity index (χ3v) is 4.13. The first-order valence-electron chi connectivity index (χ1n) is 6.25. The van der Waals surface area contributed by atoms with Crippen molar-refractivity contribution >= 4 is 33.5 Å². The van der Waals surface area contributed by atoms with Crippen LogP contribution in [0.3, 0.4) is 0 Å². The van der Waals surface area contributed by atoms with Gasteiger partial charge in [0.25, 0.3) is 15.7 Å². The van der Waals surface area contributed by atoms with E-state index in [1.165, 1.54) is 30.3 Å². The van der Waals surface area contributed by atoms with Gasteiger partial charge in [0.2, 0.25) is 6.41 Å². The molecule has 23 heavy (non-hydrogen) atoms. The Morgan fingerprint density at radius 3 is 2.30 bits per heavy atom. The number of rotatable bonds is 7. The molecule has 1 amide bonds. The predicted molar refractivity (Wildman–Crippen MR) is 83.2 cm³/mol. The van der Waals surface area contributed by atoms with Crippen molar-refractivity contribution in [1.29, 1.82) is 0 Å². The number of sulfonamides is 1. The molecule has 0 fully saturated rings. The Labute approximate surface area is 131 Å². The fourth-order valence-corrected chi connectivity index (χ4v) is 2.81. The Bertz CT molecular complexity index is 821. The fourth-order valence-electron chi connectivity index (χ4n) is 1.71. The van der Waals surface area contributed by atoms with E-state index in [1.54, 1.807) is 12.1 Å². The zero-order valence-corrected chi connectivity index (χ0v) is 12.4. The molecule has 0 heterocycles. The maximum Gasteiger partial charge on any atom is 0.270 e. The van der Waals surface area contributed by atoms with Gasteiger partial charge in [0.05, 0.1) is 15.5 Å². The highest BCUT2D eigenvalue weighted by Gasteiger charge is 2.17. The molecule has 2 aromatic rings. The molecule has 2 aromatic carbocycles. The van der Waals surface area contributed by atoms with Crippen LogP contribution in [0.1, 0.15) is 0 Å². The van der Waals surface area contributed by atoms with E-state index in [0.29, 0.717) is 12.1 Å². The second kappa shape index (κ2) is 6.75. The van der Waals surface area contributed by atoms with Crippen LogP contribution in [-0.2, 0) is 14.8 Å². The molecule has 0 atom stereocenters. The molecule has 120 valence electrons. The Morgan fingerprint density at radius 1 is 1.04 bits per heavy atom. The van der Waals surface area contributed by atoms with Gasteiger partial charge in [0.1, 0.15) is 0 Å². The zero-order chi connectivity index (χ0) is 16.9. The Kier molecular flexibility index (Phi) is 4.76. The number of carbonyl (C=O) groups excluding carboxylic acids is 1. The molecular weight excluding hydrogens is 324 g/mol. The first-order chi connectivity index (χ1) is 10.9. The predicted octanol–water partition coefficient (Wildman–Crippen LogP) is 1.47. The summed E-state index contributed by atoms with van der Waals surface area (Å²) < 4.78 is 26.8. The number of nitrogens with one attached hydrogen (secondary N) is 3. The second-order valence-corrected chi connectivity index (χ2v) is 6.01. The normalized spacial score (nSPS) is 10.6. The number of nitro groups is 1. The number of hydrogen-bond donors (Lipinski definition) is 3. The number of nitrogens with zero attached hydrogens (tertiary/aromatic N) is 1. The van der Waals surface area contributed by atoms with E-state index in [-0.39, 0.29) is 16.3 Å². The molecule has 0 aliphatic carbocycles. The highest BCUT2D eigenvalue weighted by atomic mass is 32.2. The molecule has 0 spiro atoms. The van der Waals surface area contributed by atoms with Crippen LogP contribution in [0.2, 0.25) is 0 Å². The van der Waals surface area contributed by atoms with Crippen molar-refractivity contribution < 1.29 is 18.1 Å². The van der Waals surface area contributed by atoms with Crippen LogP contribution in [0.25, 0.3) is 0 Å². The van der Waals surface area contributed by atoms with E-state index >= 15 is 0 Å². The number of amides is 1. The van der Waals surface area contributed by atoms with Crippen molar-refractivity contribution in [3.8, 4) is 0 Å². The topological polar surface area (TPSA) is 130 Å². The van der Waals surface area contributed by atoms with Gasteiger partial charge in [0.15, 0.2) is 0 Å². The number of anilines is 2. The van der Waals surface area contributed by atoms with Crippen LogP contribution in [0.5, 0.6) is 0 Å². The maximum absolute atomic E-state index is 12.2. The molecule has 0 saturated heterocycles. The summed E-state index contributed by atoms with van der Waals surface area (Å²) in [6.45, 7) is 0. The molecule has 3 N–H and O–H groups in total. The quantitative estimate of drug-likeness (QED) is 0.399. The summed E-state index contributed by atoms with van der Waals surface area (Å²) in [5.41, 5.74) is 5.32. The minimum absolute atomic E-state index is 0.212. The summed E-state index contributed by atoms with van der Waals surface area (Å²) in [5.74, 6) is 0. The minimum Gasteiger partial charge on any atom is -0.299 e. The van der Waals surface area contributed by atoms with Gasteiger partial charge in [-0.3, -0.25) is 30.5 Å². The second-order valence-electron chi connectivity index (χ2n) is 4.32. The van der Waals surface area contributed by atoms with E-state index in [1.807, 2.05) is 0 Å². The van der Waals surface area contributed by atoms with Crippen molar-refractivity contribution in [3.63, 3.8) is 0 Å². The number of benzene rings is 2. The molecule has 2 rings (SSSR count). The van der Waals surface area contributed by atoms with Gasteiger partial charge >= 0.3 is 0 Å². The SMILES string of the molecule is O=CNNc1ccc(NS(=O)(=O)c2cccc([N+](=O)[O-])c2)cc1. The van der Waals surface area contributed by atoms with E-state index in [9.17, 15) is 23.3 Å². The van der Waals surface area contributed by atoms with Gasteiger partial charge in [-0.25, -0.2) is 8.42 Å². The van der Waals surface area contributed by atoms with Crippen molar-refractivity contribution in [2.75, 3.05) is 10.1 Å². The third kappa shape index (κ3) is 4.17. The van der Waals surface area contributed by atoms with Gasteiger partial charge < -0.3 is 0 Å². The molecule has 0 aliphatic rings. The zero-order valence-electron chi connectivity index (χ0n) is 11.6. The average Bonchev–Trinajstić information content (AvgIpc) is 2.54. The lowest BCUT2D eigenvalue weighted by molar-refractivity contribution is -0.385. The molecule has 0 bridgehead atoms. The first-order valence-corrected chi connectivity index (χ1v) is 7.73. The van der Waals surface area contributed by atoms with Crippen LogP contribution in [0, 0.1) is 10.1 Å². The van der Waals surface area contributed by atoms with E-state index in [2.05, 4.69) is 15.6 Å². The number of non-ortho nitro benzene ring substituents is 1. The van der Waals surface area contributed by atoms with Crippen molar-refractivity contribution in [1.82, 2.24) is 5.43 Å². The maximum atomic E-state index is 12.2. The van der Waals surface area contributed by atoms with Gasteiger partial charge in [-0.2, -0.15) is 0 Å². The third-order valence-electron chi connectivity index (χ3n) is 2.75. The molecule has 0 saturated carbocycles. The summed E-state index contributed by atoms with van der Waals surface area (Å²) in [7, 11) is -3.95. The smallest absolute Gasteiger partial charge is 0.270 e. The molecule has 10 heteroatoms. The highest BCUT2D eigenvalue weighted by Crippen LogP contribution is 2.21. The van der Waals surface area contributed by atoms with Crippen molar-refractivity contribution in [2.24, 2.45) is 0 Å². The summed E-state index contributed by atoms with van der Waals surface area (Å²) in [4.78, 5) is 20.0. The van der Waals surface area contributed by atoms with Crippen molar-refractivity contribution in [3.05, 3.63) is 58.6 Å². The standard InChI is InChI=1S/C13H12N4O5S/c18-9-14-15-10-4-6-11(7-5-10)16-23(21,22)13-3-1-2-12(8-13)17(19)20/h1-9,15-16H,(H,14,18). The largest absolute Gasteiger partial charge is 0.299 e. The van der Waals surface area contributed by atoms with Gasteiger partial charge in [0, 0.05) is 17.8 Å². The Hall–Kier alpha value is -3.14.